The van der Waals surface area contributed by atoms with Crippen LogP contribution in [-0.4, -0.2) is 70.0 Å². The fraction of sp³-hybridized carbons (Fsp3) is 0.722. The van der Waals surface area contributed by atoms with Gasteiger partial charge in [-0.15, -0.1) is 0 Å². The molecule has 0 amide bonds. The quantitative estimate of drug-likeness (QED) is 0.0433. The molecule has 0 rings (SSSR count). The molecule has 0 bridgehead atoms. The van der Waals surface area contributed by atoms with Crippen LogP contribution in [0.15, 0.2) is 48.6 Å². The van der Waals surface area contributed by atoms with Gasteiger partial charge in [-0.05, 0) is 31.6 Å². The zero-order chi connectivity index (χ0) is 32.8. The first-order valence-electron chi connectivity index (χ1n) is 16.9. The molecule has 4 N–H and O–H groups in total. The van der Waals surface area contributed by atoms with Gasteiger partial charge in [0.15, 0.2) is 0 Å². The van der Waals surface area contributed by atoms with Gasteiger partial charge in [0.2, 0.25) is 0 Å². The normalized spacial score (nSPS) is 15.7. The maximum atomic E-state index is 11.9. The van der Waals surface area contributed by atoms with E-state index in [2.05, 4.69) is 20.8 Å². The number of carbonyl (C=O) groups is 2. The Balaban J connectivity index is 3.90. The van der Waals surface area contributed by atoms with Gasteiger partial charge in [-0.3, -0.25) is 9.59 Å². The zero-order valence-electron chi connectivity index (χ0n) is 27.7. The minimum Gasteiger partial charge on any atom is -0.463 e. The number of rotatable bonds is 28. The molecule has 0 aromatic heterocycles. The average molecular weight is 623 g/mol. The molecule has 0 heterocycles. The van der Waals surface area contributed by atoms with Gasteiger partial charge in [-0.1, -0.05) is 134 Å². The van der Waals surface area contributed by atoms with Crippen molar-refractivity contribution in [3.8, 4) is 0 Å². The van der Waals surface area contributed by atoms with Crippen LogP contribution in [-0.2, 0) is 19.1 Å². The summed E-state index contributed by atoms with van der Waals surface area (Å²) in [7, 11) is 0. The van der Waals surface area contributed by atoms with E-state index >= 15 is 0 Å². The number of hydrogen-bond donors (Lipinski definition) is 4. The van der Waals surface area contributed by atoms with E-state index < -0.39 is 30.4 Å². The van der Waals surface area contributed by atoms with Crippen LogP contribution in [0.1, 0.15) is 124 Å². The highest BCUT2D eigenvalue weighted by atomic mass is 16.6. The molecule has 0 aliphatic heterocycles. The third-order valence-electron chi connectivity index (χ3n) is 7.47. The van der Waals surface area contributed by atoms with Gasteiger partial charge >= 0.3 is 11.9 Å². The molecule has 8 nitrogen and oxygen atoms in total. The van der Waals surface area contributed by atoms with E-state index in [0.29, 0.717) is 12.8 Å². The lowest BCUT2D eigenvalue weighted by molar-refractivity contribution is -0.152. The van der Waals surface area contributed by atoms with E-state index in [9.17, 15) is 30.0 Å². The van der Waals surface area contributed by atoms with Crippen LogP contribution in [0, 0.1) is 5.92 Å². The summed E-state index contributed by atoms with van der Waals surface area (Å²) in [6, 6.07) is 0. The Labute approximate surface area is 266 Å². The van der Waals surface area contributed by atoms with Gasteiger partial charge in [-0.2, -0.15) is 0 Å². The summed E-state index contributed by atoms with van der Waals surface area (Å²) >= 11 is 0. The first-order chi connectivity index (χ1) is 21.2. The Bertz CT molecular complexity index is 819. The number of allylic oxidation sites excluding steroid dienone is 6. The smallest absolute Gasteiger partial charge is 0.305 e. The van der Waals surface area contributed by atoms with Crippen molar-refractivity contribution < 1.29 is 39.5 Å². The number of carbonyl (C=O) groups excluding carboxylic acids is 2. The Morgan fingerprint density at radius 3 is 1.75 bits per heavy atom. The van der Waals surface area contributed by atoms with E-state index in [1.807, 2.05) is 6.08 Å². The van der Waals surface area contributed by atoms with Gasteiger partial charge in [0.25, 0.3) is 0 Å². The molecule has 1 unspecified atom stereocenters. The zero-order valence-corrected chi connectivity index (χ0v) is 27.7. The number of unbranched alkanes of at least 4 members (excludes halogenated alkanes) is 7. The van der Waals surface area contributed by atoms with Crippen LogP contribution in [0.4, 0.5) is 0 Å². The maximum Gasteiger partial charge on any atom is 0.305 e. The second kappa shape index (κ2) is 29.5. The minimum absolute atomic E-state index is 0.0309. The van der Waals surface area contributed by atoms with Crippen LogP contribution >= 0.6 is 0 Å². The van der Waals surface area contributed by atoms with Crippen molar-refractivity contribution in [1.82, 2.24) is 0 Å². The fourth-order valence-corrected chi connectivity index (χ4v) is 4.33. The minimum atomic E-state index is -1.09. The molecule has 0 spiro atoms. The number of hydrogen-bond acceptors (Lipinski definition) is 8. The van der Waals surface area contributed by atoms with Crippen molar-refractivity contribution in [2.45, 2.75) is 148 Å². The molecule has 0 aliphatic carbocycles. The molecule has 0 aromatic rings. The third-order valence-corrected chi connectivity index (χ3v) is 7.47. The van der Waals surface area contributed by atoms with Crippen molar-refractivity contribution in [2.75, 3.05) is 13.2 Å². The van der Waals surface area contributed by atoms with E-state index in [1.165, 1.54) is 38.2 Å². The van der Waals surface area contributed by atoms with Crippen molar-refractivity contribution >= 4 is 11.9 Å². The average Bonchev–Trinajstić information content (AvgIpc) is 3.01. The molecule has 0 saturated carbocycles. The molecule has 0 fully saturated rings. The Morgan fingerprint density at radius 2 is 1.14 bits per heavy atom. The van der Waals surface area contributed by atoms with Crippen molar-refractivity contribution in [2.24, 2.45) is 5.92 Å². The van der Waals surface area contributed by atoms with E-state index in [-0.39, 0.29) is 32.0 Å². The van der Waals surface area contributed by atoms with Gasteiger partial charge in [-0.25, -0.2) is 0 Å². The number of esters is 2. The maximum absolute atomic E-state index is 11.9. The topological polar surface area (TPSA) is 134 Å². The number of aliphatic hydroxyl groups is 4. The second-order valence-electron chi connectivity index (χ2n) is 11.7. The standard InChI is InChI=1S/C36H62O8/c1-4-6-15-22-31(37)23-17-12-8-9-13-18-24-33(39)34(40)25-20-27-36(42)44-29-32(38)28-43-35(41)26-19-14-10-7-11-16-21-30(3)5-2/h8-9,12-13,17-18,23-24,30-34,37-40H,4-7,10-11,14-16,19-22,25-29H2,1-3H3/b12-8-,13-9+,23-17+,24-18+/t30?,31-,32-,33-,34-/m1/s1. The summed E-state index contributed by atoms with van der Waals surface area (Å²) < 4.78 is 10.1. The highest BCUT2D eigenvalue weighted by Crippen LogP contribution is 2.15. The summed E-state index contributed by atoms with van der Waals surface area (Å²) in [5.41, 5.74) is 0. The molecule has 5 atom stereocenters. The van der Waals surface area contributed by atoms with Crippen LogP contribution in [0.2, 0.25) is 0 Å². The highest BCUT2D eigenvalue weighted by Gasteiger charge is 2.15. The van der Waals surface area contributed by atoms with Gasteiger partial charge < -0.3 is 29.9 Å². The monoisotopic (exact) mass is 622 g/mol. The lowest BCUT2D eigenvalue weighted by Crippen LogP contribution is -2.26. The SMILES string of the molecule is CCCCC[C@@H](O)/C=C/C=C\C=C\C=C\[C@@H](O)[C@H](O)CCCC(=O)OC[C@H](O)COC(=O)CCCCCCCCC(C)CC. The van der Waals surface area contributed by atoms with Gasteiger partial charge in [0, 0.05) is 12.8 Å². The van der Waals surface area contributed by atoms with Gasteiger partial charge in [0.1, 0.15) is 19.3 Å². The van der Waals surface area contributed by atoms with Crippen molar-refractivity contribution in [3.63, 3.8) is 0 Å². The molecule has 254 valence electrons. The van der Waals surface area contributed by atoms with Gasteiger partial charge in [0.05, 0.1) is 18.3 Å². The second-order valence-corrected chi connectivity index (χ2v) is 11.7. The lowest BCUT2D eigenvalue weighted by Gasteiger charge is -2.14. The number of aliphatic hydroxyl groups excluding tert-OH is 4. The molecule has 0 saturated heterocycles. The molecule has 0 radical (unpaired) electrons. The van der Waals surface area contributed by atoms with Crippen LogP contribution in [0.3, 0.4) is 0 Å². The lowest BCUT2D eigenvalue weighted by atomic mass is 10.00. The van der Waals surface area contributed by atoms with Crippen molar-refractivity contribution in [1.29, 1.82) is 0 Å². The first-order valence-corrected chi connectivity index (χ1v) is 16.9. The molecule has 8 heteroatoms. The Kier molecular flexibility index (Phi) is 27.9. The molecular weight excluding hydrogens is 560 g/mol. The summed E-state index contributed by atoms with van der Waals surface area (Å²) in [4.78, 5) is 23.8. The molecule has 0 aliphatic rings. The van der Waals surface area contributed by atoms with E-state index in [0.717, 1.165) is 50.9 Å². The highest BCUT2D eigenvalue weighted by molar-refractivity contribution is 5.69. The molecule has 0 aromatic carbocycles. The number of ether oxygens (including phenoxy) is 2. The predicted molar refractivity (Wildman–Crippen MR) is 177 cm³/mol. The van der Waals surface area contributed by atoms with Crippen molar-refractivity contribution in [3.05, 3.63) is 48.6 Å². The molecular formula is C36H62O8. The fourth-order valence-electron chi connectivity index (χ4n) is 4.33. The summed E-state index contributed by atoms with van der Waals surface area (Å²) in [6.45, 7) is 6.15. The molecule has 44 heavy (non-hydrogen) atoms. The predicted octanol–water partition coefficient (Wildman–Crippen LogP) is 6.66. The largest absolute Gasteiger partial charge is 0.463 e. The van der Waals surface area contributed by atoms with E-state index in [1.54, 1.807) is 36.5 Å². The van der Waals surface area contributed by atoms with E-state index in [4.69, 9.17) is 9.47 Å². The summed E-state index contributed by atoms with van der Waals surface area (Å²) in [5.74, 6) is -0.0922. The Morgan fingerprint density at radius 1 is 0.614 bits per heavy atom. The third kappa shape index (κ3) is 27.3. The Hall–Kier alpha value is -2.26. The summed E-state index contributed by atoms with van der Waals surface area (Å²) in [6.07, 6.45) is 24.1. The summed E-state index contributed by atoms with van der Waals surface area (Å²) in [5, 5.41) is 39.9. The van der Waals surface area contributed by atoms with Crippen LogP contribution < -0.4 is 0 Å². The van der Waals surface area contributed by atoms with Crippen LogP contribution in [0.5, 0.6) is 0 Å². The first kappa shape index (κ1) is 41.7. The van der Waals surface area contributed by atoms with Crippen LogP contribution in [0.25, 0.3) is 0 Å².